The second-order valence-corrected chi connectivity index (χ2v) is 9.88. The molecule has 1 aromatic carbocycles. The third-order valence-corrected chi connectivity index (χ3v) is 7.99. The molecule has 1 aromatic rings. The molecule has 0 spiro atoms. The number of rotatable bonds is 10. The summed E-state index contributed by atoms with van der Waals surface area (Å²) in [7, 11) is -6.07. The Morgan fingerprint density at radius 3 is 2.00 bits per heavy atom. The first-order chi connectivity index (χ1) is 10.4. The summed E-state index contributed by atoms with van der Waals surface area (Å²) in [5.41, 5.74) is 0.832. The maximum Gasteiger partial charge on any atom is 0.529 e. The van der Waals surface area contributed by atoms with Crippen LogP contribution in [0.3, 0.4) is 0 Å². The molecule has 126 valence electrons. The van der Waals surface area contributed by atoms with Gasteiger partial charge in [-0.1, -0.05) is 18.2 Å². The summed E-state index contributed by atoms with van der Waals surface area (Å²) in [6.45, 7) is 8.70. The van der Waals surface area contributed by atoms with E-state index in [9.17, 15) is 4.21 Å². The minimum atomic E-state index is -3.05. The molecule has 0 aliphatic carbocycles. The quantitative estimate of drug-likeness (QED) is 0.595. The monoisotopic (exact) mass is 364 g/mol. The average molecular weight is 365 g/mol. The van der Waals surface area contributed by atoms with Gasteiger partial charge in [0.2, 0.25) is 0 Å². The van der Waals surface area contributed by atoms with Crippen LogP contribution < -0.4 is 0 Å². The molecule has 0 aliphatic heterocycles. The summed E-state index contributed by atoms with van der Waals surface area (Å²) >= 11 is 5.18. The van der Waals surface area contributed by atoms with Crippen molar-refractivity contribution in [2.45, 2.75) is 32.6 Å². The summed E-state index contributed by atoms with van der Waals surface area (Å²) < 4.78 is 35.3. The first-order valence-corrected chi connectivity index (χ1v) is 11.6. The Bertz CT molecular complexity index is 545. The molecule has 0 saturated heterocycles. The van der Waals surface area contributed by atoms with E-state index in [0.29, 0.717) is 24.7 Å². The zero-order valence-corrected chi connectivity index (χ0v) is 16.1. The predicted molar refractivity (Wildman–Crippen MR) is 91.5 cm³/mol. The Morgan fingerprint density at radius 2 is 1.55 bits per heavy atom. The smallest absolute Gasteiger partial charge is 0.372 e. The van der Waals surface area contributed by atoms with Crippen molar-refractivity contribution in [2.75, 3.05) is 26.1 Å². The highest BCUT2D eigenvalue weighted by molar-refractivity contribution is 8.30. The van der Waals surface area contributed by atoms with E-state index < -0.39 is 17.6 Å². The SMILES string of the molecule is CCO[Si](COS(=O)(=S)c1ccccc1C)(OCC)OCC. The van der Waals surface area contributed by atoms with E-state index >= 15 is 0 Å². The van der Waals surface area contributed by atoms with Crippen LogP contribution in [0.4, 0.5) is 0 Å². The molecular formula is C14H24O5S2Si. The van der Waals surface area contributed by atoms with Gasteiger partial charge in [-0.05, 0) is 39.3 Å². The molecule has 0 aliphatic rings. The van der Waals surface area contributed by atoms with Gasteiger partial charge in [-0.25, -0.2) is 4.21 Å². The van der Waals surface area contributed by atoms with Crippen LogP contribution in [0.15, 0.2) is 29.2 Å². The maximum absolute atomic E-state index is 12.7. The van der Waals surface area contributed by atoms with E-state index in [1.807, 2.05) is 39.8 Å². The van der Waals surface area contributed by atoms with E-state index in [1.54, 1.807) is 12.1 Å². The summed E-state index contributed by atoms with van der Waals surface area (Å²) in [5, 5.41) is 0. The molecule has 0 aromatic heterocycles. The van der Waals surface area contributed by atoms with Gasteiger partial charge in [0.25, 0.3) is 0 Å². The average Bonchev–Trinajstić information content (AvgIpc) is 2.46. The lowest BCUT2D eigenvalue weighted by atomic mass is 10.2. The van der Waals surface area contributed by atoms with Crippen LogP contribution in [0, 0.1) is 6.92 Å². The minimum Gasteiger partial charge on any atom is -0.372 e. The molecule has 1 unspecified atom stereocenters. The van der Waals surface area contributed by atoms with Gasteiger partial charge in [0.1, 0.15) is 6.23 Å². The van der Waals surface area contributed by atoms with Crippen LogP contribution in [0.25, 0.3) is 0 Å². The third kappa shape index (κ3) is 5.38. The fourth-order valence-electron chi connectivity index (χ4n) is 1.96. The van der Waals surface area contributed by atoms with E-state index in [4.69, 9.17) is 28.6 Å². The highest BCUT2D eigenvalue weighted by atomic mass is 32.8. The Balaban J connectivity index is 2.93. The number of aryl methyl sites for hydroxylation is 1. The highest BCUT2D eigenvalue weighted by Crippen LogP contribution is 2.20. The molecule has 0 amide bonds. The van der Waals surface area contributed by atoms with Crippen molar-refractivity contribution in [1.29, 1.82) is 0 Å². The van der Waals surface area contributed by atoms with Crippen molar-refractivity contribution < 1.29 is 21.7 Å². The van der Waals surface area contributed by atoms with Crippen molar-refractivity contribution in [1.82, 2.24) is 0 Å². The van der Waals surface area contributed by atoms with Gasteiger partial charge in [0.05, 0.1) is 4.90 Å². The van der Waals surface area contributed by atoms with Crippen LogP contribution in [-0.2, 0) is 37.4 Å². The van der Waals surface area contributed by atoms with Gasteiger partial charge in [-0.3, -0.25) is 4.18 Å². The van der Waals surface area contributed by atoms with Gasteiger partial charge >= 0.3 is 8.80 Å². The fourth-order valence-corrected chi connectivity index (χ4v) is 6.81. The van der Waals surface area contributed by atoms with Crippen LogP contribution in [0.5, 0.6) is 0 Å². The number of hydrogen-bond acceptors (Lipinski definition) is 6. The van der Waals surface area contributed by atoms with Crippen molar-refractivity contribution in [3.63, 3.8) is 0 Å². The second kappa shape index (κ2) is 9.07. The minimum absolute atomic E-state index is 0.0286. The van der Waals surface area contributed by atoms with Crippen molar-refractivity contribution in [3.05, 3.63) is 29.8 Å². The van der Waals surface area contributed by atoms with Gasteiger partial charge < -0.3 is 13.3 Å². The molecule has 0 saturated carbocycles. The Morgan fingerprint density at radius 1 is 1.05 bits per heavy atom. The molecule has 8 heteroatoms. The normalized spacial score (nSPS) is 14.7. The molecule has 0 heterocycles. The van der Waals surface area contributed by atoms with Crippen LogP contribution >= 0.6 is 0 Å². The van der Waals surface area contributed by atoms with E-state index in [-0.39, 0.29) is 6.23 Å². The van der Waals surface area contributed by atoms with Gasteiger partial charge in [-0.2, -0.15) is 0 Å². The van der Waals surface area contributed by atoms with E-state index in [1.165, 1.54) is 0 Å². The molecule has 1 atom stereocenters. The maximum atomic E-state index is 12.7. The largest absolute Gasteiger partial charge is 0.529 e. The van der Waals surface area contributed by atoms with Crippen molar-refractivity contribution in [2.24, 2.45) is 0 Å². The van der Waals surface area contributed by atoms with Gasteiger partial charge in [0.15, 0.2) is 8.77 Å². The standard InChI is InChI=1S/C14H24O5S2Si/c1-5-17-22(18-6-2,19-7-3)12-16-21(15,20)14-11-9-8-10-13(14)4/h8-11H,5-7,12H2,1-4H3. The lowest BCUT2D eigenvalue weighted by molar-refractivity contribution is 0.0558. The zero-order valence-electron chi connectivity index (χ0n) is 13.5. The molecule has 22 heavy (non-hydrogen) atoms. The summed E-state index contributed by atoms with van der Waals surface area (Å²) in [6, 6.07) is 7.22. The summed E-state index contributed by atoms with van der Waals surface area (Å²) in [6.07, 6.45) is -0.0286. The third-order valence-electron chi connectivity index (χ3n) is 2.85. The number of benzene rings is 1. The predicted octanol–water partition coefficient (Wildman–Crippen LogP) is 2.62. The molecule has 0 N–H and O–H groups in total. The summed E-state index contributed by atoms with van der Waals surface area (Å²) in [5.74, 6) is 0. The first-order valence-electron chi connectivity index (χ1n) is 7.27. The lowest BCUT2D eigenvalue weighted by Gasteiger charge is -2.28. The molecule has 0 radical (unpaired) electrons. The Labute approximate surface area is 139 Å². The fraction of sp³-hybridized carbons (Fsp3) is 0.571. The Kier molecular flexibility index (Phi) is 8.12. The van der Waals surface area contributed by atoms with Crippen LogP contribution in [0.1, 0.15) is 26.3 Å². The molecular weight excluding hydrogens is 340 g/mol. The van der Waals surface area contributed by atoms with Gasteiger partial charge in [0, 0.05) is 31.0 Å². The molecule has 0 fully saturated rings. The van der Waals surface area contributed by atoms with Crippen LogP contribution in [-0.4, -0.2) is 39.1 Å². The number of hydrogen-bond donors (Lipinski definition) is 0. The molecule has 1 rings (SSSR count). The second-order valence-electron chi connectivity index (χ2n) is 4.46. The molecule has 0 bridgehead atoms. The lowest BCUT2D eigenvalue weighted by Crippen LogP contribution is -2.51. The van der Waals surface area contributed by atoms with Crippen LogP contribution in [0.2, 0.25) is 0 Å². The summed E-state index contributed by atoms with van der Waals surface area (Å²) in [4.78, 5) is 0.511. The van der Waals surface area contributed by atoms with Gasteiger partial charge in [-0.15, -0.1) is 0 Å². The molecule has 5 nitrogen and oxygen atoms in total. The van der Waals surface area contributed by atoms with E-state index in [2.05, 4.69) is 0 Å². The Hall–Kier alpha value is -0.353. The first kappa shape index (κ1) is 19.7. The van der Waals surface area contributed by atoms with Crippen molar-refractivity contribution in [3.8, 4) is 0 Å². The highest BCUT2D eigenvalue weighted by Gasteiger charge is 2.42. The van der Waals surface area contributed by atoms with Crippen molar-refractivity contribution >= 4 is 28.8 Å². The van der Waals surface area contributed by atoms with E-state index in [0.717, 1.165) is 5.56 Å². The topological polar surface area (TPSA) is 54.0 Å². The zero-order chi connectivity index (χ0) is 16.6.